The molecule has 2 aromatic rings. The Kier molecular flexibility index (Phi) is 4.20. The molecule has 1 heterocycles. The fourth-order valence-electron chi connectivity index (χ4n) is 2.86. The quantitative estimate of drug-likeness (QED) is 0.896. The van der Waals surface area contributed by atoms with E-state index in [4.69, 9.17) is 14.2 Å². The van der Waals surface area contributed by atoms with Gasteiger partial charge in [-0.05, 0) is 24.1 Å². The molecular weight excluding hydrogens is 312 g/mol. The van der Waals surface area contributed by atoms with Crippen LogP contribution in [-0.2, 0) is 6.42 Å². The van der Waals surface area contributed by atoms with Gasteiger partial charge in [0, 0.05) is 12.1 Å². The number of fused-ring (bicyclic) bond motifs is 1. The Morgan fingerprint density at radius 3 is 2.54 bits per heavy atom. The minimum absolute atomic E-state index is 0.0167. The maximum absolute atomic E-state index is 12.8. The highest BCUT2D eigenvalue weighted by molar-refractivity contribution is 6.04. The van der Waals surface area contributed by atoms with E-state index in [0.29, 0.717) is 23.5 Å². The van der Waals surface area contributed by atoms with Crippen molar-refractivity contribution in [3.05, 3.63) is 41.5 Å². The Morgan fingerprint density at radius 2 is 1.88 bits per heavy atom. The molecule has 0 amide bonds. The summed E-state index contributed by atoms with van der Waals surface area (Å²) in [5, 5.41) is 19.5. The van der Waals surface area contributed by atoms with Crippen LogP contribution in [0.15, 0.2) is 30.3 Å². The molecule has 0 aliphatic carbocycles. The maximum atomic E-state index is 12.8. The van der Waals surface area contributed by atoms with Gasteiger partial charge in [0.05, 0.1) is 26.7 Å². The van der Waals surface area contributed by atoms with Gasteiger partial charge < -0.3 is 24.4 Å². The number of phenolic OH excluding ortho intramolecular Hbond substituents is 2. The molecule has 126 valence electrons. The van der Waals surface area contributed by atoms with Gasteiger partial charge in [0.15, 0.2) is 17.3 Å². The molecule has 24 heavy (non-hydrogen) atoms. The van der Waals surface area contributed by atoms with Crippen molar-refractivity contribution in [1.82, 2.24) is 0 Å². The molecule has 0 radical (unpaired) electrons. The Morgan fingerprint density at radius 1 is 1.12 bits per heavy atom. The lowest BCUT2D eigenvalue weighted by molar-refractivity contribution is 0.0825. The molecule has 1 atom stereocenters. The zero-order valence-electron chi connectivity index (χ0n) is 13.4. The normalized spacial score (nSPS) is 16.2. The summed E-state index contributed by atoms with van der Waals surface area (Å²) >= 11 is 0. The molecule has 6 nitrogen and oxygen atoms in total. The van der Waals surface area contributed by atoms with Crippen molar-refractivity contribution in [3.63, 3.8) is 0 Å². The van der Waals surface area contributed by atoms with E-state index >= 15 is 0 Å². The Bertz CT molecular complexity index is 766. The van der Waals surface area contributed by atoms with Crippen LogP contribution in [0, 0.1) is 5.92 Å². The second-order valence-electron chi connectivity index (χ2n) is 5.60. The number of ether oxygens (including phenoxy) is 3. The Hall–Kier alpha value is -2.89. The third kappa shape index (κ3) is 2.82. The second kappa shape index (κ2) is 6.31. The van der Waals surface area contributed by atoms with Crippen LogP contribution in [0.4, 0.5) is 0 Å². The van der Waals surface area contributed by atoms with Crippen LogP contribution < -0.4 is 14.2 Å². The molecule has 1 aliphatic heterocycles. The lowest BCUT2D eigenvalue weighted by Crippen LogP contribution is -2.30. The smallest absolute Gasteiger partial charge is 0.177 e. The fraction of sp³-hybridized carbons (Fsp3) is 0.278. The topological polar surface area (TPSA) is 85.2 Å². The molecule has 0 saturated heterocycles. The van der Waals surface area contributed by atoms with E-state index in [2.05, 4.69) is 0 Å². The molecule has 2 N–H and O–H groups in total. The van der Waals surface area contributed by atoms with Crippen molar-refractivity contribution in [1.29, 1.82) is 0 Å². The maximum Gasteiger partial charge on any atom is 0.177 e. The first-order valence-electron chi connectivity index (χ1n) is 7.47. The van der Waals surface area contributed by atoms with Gasteiger partial charge in [-0.1, -0.05) is 6.07 Å². The third-order valence-corrected chi connectivity index (χ3v) is 4.05. The first kappa shape index (κ1) is 16.0. The first-order valence-corrected chi connectivity index (χ1v) is 7.47. The van der Waals surface area contributed by atoms with Crippen LogP contribution in [-0.4, -0.2) is 36.8 Å². The van der Waals surface area contributed by atoms with Crippen LogP contribution in [0.2, 0.25) is 0 Å². The summed E-state index contributed by atoms with van der Waals surface area (Å²) in [6, 6.07) is 7.84. The minimum atomic E-state index is -0.399. The Labute approximate surface area is 139 Å². The molecule has 0 fully saturated rings. The van der Waals surface area contributed by atoms with Crippen molar-refractivity contribution in [2.75, 3.05) is 20.8 Å². The third-order valence-electron chi connectivity index (χ3n) is 4.05. The van der Waals surface area contributed by atoms with Crippen molar-refractivity contribution in [2.24, 2.45) is 5.92 Å². The molecule has 0 bridgehead atoms. The predicted molar refractivity (Wildman–Crippen MR) is 86.3 cm³/mol. The molecule has 2 aromatic carbocycles. The molecular formula is C18H18O6. The summed E-state index contributed by atoms with van der Waals surface area (Å²) in [5.74, 6) is 0.501. The number of methoxy groups -OCH3 is 2. The number of carbonyl (C=O) groups is 1. The van der Waals surface area contributed by atoms with Crippen LogP contribution >= 0.6 is 0 Å². The number of ketones is 1. The number of aromatic hydroxyl groups is 2. The van der Waals surface area contributed by atoms with Gasteiger partial charge in [-0.2, -0.15) is 0 Å². The lowest BCUT2D eigenvalue weighted by atomic mass is 9.89. The highest BCUT2D eigenvalue weighted by Crippen LogP contribution is 2.39. The number of carbonyl (C=O) groups excluding carboxylic acids is 1. The average Bonchev–Trinajstić information content (AvgIpc) is 2.56. The van der Waals surface area contributed by atoms with Gasteiger partial charge in [0.2, 0.25) is 0 Å². The molecule has 1 unspecified atom stereocenters. The molecule has 3 rings (SSSR count). The largest absolute Gasteiger partial charge is 0.508 e. The van der Waals surface area contributed by atoms with E-state index in [9.17, 15) is 15.0 Å². The van der Waals surface area contributed by atoms with E-state index < -0.39 is 5.92 Å². The SMILES string of the molecule is COc1ccc(CC2COc3cc(O)cc(OC)c3C2=O)cc1O. The molecule has 0 aromatic heterocycles. The first-order chi connectivity index (χ1) is 11.5. The fourth-order valence-corrected chi connectivity index (χ4v) is 2.86. The van der Waals surface area contributed by atoms with Crippen LogP contribution in [0.3, 0.4) is 0 Å². The van der Waals surface area contributed by atoms with Gasteiger partial charge in [0.1, 0.15) is 22.8 Å². The summed E-state index contributed by atoms with van der Waals surface area (Å²) in [5.41, 5.74) is 1.14. The minimum Gasteiger partial charge on any atom is -0.508 e. The number of hydrogen-bond acceptors (Lipinski definition) is 6. The van der Waals surface area contributed by atoms with E-state index in [1.807, 2.05) is 0 Å². The summed E-state index contributed by atoms with van der Waals surface area (Å²) in [6.07, 6.45) is 0.417. The highest BCUT2D eigenvalue weighted by atomic mass is 16.5. The zero-order valence-corrected chi connectivity index (χ0v) is 13.4. The number of benzene rings is 2. The monoisotopic (exact) mass is 330 g/mol. The molecule has 0 spiro atoms. The van der Waals surface area contributed by atoms with E-state index in [0.717, 1.165) is 5.56 Å². The van der Waals surface area contributed by atoms with Gasteiger partial charge >= 0.3 is 0 Å². The van der Waals surface area contributed by atoms with E-state index in [1.54, 1.807) is 18.2 Å². The van der Waals surface area contributed by atoms with Gasteiger partial charge in [-0.3, -0.25) is 4.79 Å². The van der Waals surface area contributed by atoms with Crippen molar-refractivity contribution < 1.29 is 29.2 Å². The van der Waals surface area contributed by atoms with Crippen molar-refractivity contribution in [3.8, 4) is 28.7 Å². The summed E-state index contributed by atoms with van der Waals surface area (Å²) in [4.78, 5) is 12.8. The van der Waals surface area contributed by atoms with Crippen molar-refractivity contribution >= 4 is 5.78 Å². The molecule has 1 aliphatic rings. The van der Waals surface area contributed by atoms with Gasteiger partial charge in [0.25, 0.3) is 0 Å². The van der Waals surface area contributed by atoms with Gasteiger partial charge in [-0.25, -0.2) is 0 Å². The summed E-state index contributed by atoms with van der Waals surface area (Å²) in [6.45, 7) is 0.200. The van der Waals surface area contributed by atoms with Gasteiger partial charge in [-0.15, -0.1) is 0 Å². The Balaban J connectivity index is 1.87. The number of phenols is 2. The number of hydrogen-bond donors (Lipinski definition) is 2. The van der Waals surface area contributed by atoms with E-state index in [-0.39, 0.29) is 29.6 Å². The zero-order chi connectivity index (χ0) is 17.3. The average molecular weight is 330 g/mol. The van der Waals surface area contributed by atoms with E-state index in [1.165, 1.54) is 26.4 Å². The van der Waals surface area contributed by atoms with Crippen LogP contribution in [0.25, 0.3) is 0 Å². The van der Waals surface area contributed by atoms with Crippen LogP contribution in [0.5, 0.6) is 28.7 Å². The number of rotatable bonds is 4. The number of Topliss-reactive ketones (excluding diaryl/α,β-unsaturated/α-hetero) is 1. The predicted octanol–water partition coefficient (Wildman–Crippen LogP) is 2.55. The molecule has 6 heteroatoms. The standard InChI is InChI=1S/C18H18O6/c1-22-14-4-3-10(6-13(14)20)5-11-9-24-16-8-12(19)7-15(23-2)17(16)18(11)21/h3-4,6-8,11,19-20H,5,9H2,1-2H3. The summed E-state index contributed by atoms with van der Waals surface area (Å²) in [7, 11) is 2.92. The van der Waals surface area contributed by atoms with Crippen LogP contribution in [0.1, 0.15) is 15.9 Å². The van der Waals surface area contributed by atoms with Crippen molar-refractivity contribution in [2.45, 2.75) is 6.42 Å². The molecule has 0 saturated carbocycles. The second-order valence-corrected chi connectivity index (χ2v) is 5.60. The lowest BCUT2D eigenvalue weighted by Gasteiger charge is -2.25. The summed E-state index contributed by atoms with van der Waals surface area (Å²) < 4.78 is 15.8. The highest BCUT2D eigenvalue weighted by Gasteiger charge is 2.32.